The van der Waals surface area contributed by atoms with E-state index in [0.29, 0.717) is 12.1 Å². The minimum Gasteiger partial charge on any atom is -0.322 e. The number of aryl methyl sites for hydroxylation is 1. The molecule has 116 valence electrons. The molecule has 1 heterocycles. The standard InChI is InChI=1S/C18H18N4O/c1-13-4-3-5-17(14(13)2)21-18(23)16-8-6-15(7-9-16)10-22-12-19-11-20-22/h3-9,11-12H,10H2,1-2H3,(H,21,23). The normalized spacial score (nSPS) is 10.5. The Morgan fingerprint density at radius 2 is 1.91 bits per heavy atom. The number of benzene rings is 2. The van der Waals surface area contributed by atoms with E-state index in [9.17, 15) is 4.79 Å². The highest BCUT2D eigenvalue weighted by molar-refractivity contribution is 6.04. The summed E-state index contributed by atoms with van der Waals surface area (Å²) in [4.78, 5) is 16.3. The van der Waals surface area contributed by atoms with Crippen LogP contribution in [0.25, 0.3) is 0 Å². The number of aromatic nitrogens is 3. The molecule has 1 N–H and O–H groups in total. The lowest BCUT2D eigenvalue weighted by Crippen LogP contribution is -2.13. The molecule has 0 atom stereocenters. The average Bonchev–Trinajstić information content (AvgIpc) is 3.05. The fourth-order valence-electron chi connectivity index (χ4n) is 2.34. The van der Waals surface area contributed by atoms with Crippen LogP contribution in [0.5, 0.6) is 0 Å². The van der Waals surface area contributed by atoms with Crippen LogP contribution in [0, 0.1) is 13.8 Å². The summed E-state index contributed by atoms with van der Waals surface area (Å²) in [5, 5.41) is 7.03. The van der Waals surface area contributed by atoms with Gasteiger partial charge in [0.25, 0.3) is 5.91 Å². The number of carbonyl (C=O) groups is 1. The second kappa shape index (κ2) is 6.44. The molecule has 3 aromatic rings. The summed E-state index contributed by atoms with van der Waals surface area (Å²) in [6.45, 7) is 4.68. The number of carbonyl (C=O) groups excluding carboxylic acids is 1. The Morgan fingerprint density at radius 1 is 1.13 bits per heavy atom. The van der Waals surface area contributed by atoms with Crippen LogP contribution in [-0.4, -0.2) is 20.7 Å². The lowest BCUT2D eigenvalue weighted by molar-refractivity contribution is 0.102. The van der Waals surface area contributed by atoms with E-state index in [1.54, 1.807) is 11.0 Å². The molecule has 5 nitrogen and oxygen atoms in total. The highest BCUT2D eigenvalue weighted by atomic mass is 16.1. The molecule has 0 aliphatic heterocycles. The summed E-state index contributed by atoms with van der Waals surface area (Å²) in [5.41, 5.74) is 4.79. The van der Waals surface area contributed by atoms with Crippen molar-refractivity contribution in [2.24, 2.45) is 0 Å². The molecule has 0 saturated heterocycles. The molecule has 0 aliphatic carbocycles. The zero-order valence-electron chi connectivity index (χ0n) is 13.2. The first-order valence-electron chi connectivity index (χ1n) is 7.42. The zero-order chi connectivity index (χ0) is 16.2. The molecule has 0 spiro atoms. The van der Waals surface area contributed by atoms with Crippen LogP contribution >= 0.6 is 0 Å². The molecule has 2 aromatic carbocycles. The van der Waals surface area contributed by atoms with Gasteiger partial charge in [0.15, 0.2) is 0 Å². The number of amides is 1. The number of nitrogens with zero attached hydrogens (tertiary/aromatic N) is 3. The second-order valence-corrected chi connectivity index (χ2v) is 5.49. The third-order valence-corrected chi connectivity index (χ3v) is 3.88. The van der Waals surface area contributed by atoms with Crippen molar-refractivity contribution in [1.29, 1.82) is 0 Å². The molecule has 1 amide bonds. The first-order chi connectivity index (χ1) is 11.1. The van der Waals surface area contributed by atoms with Crippen molar-refractivity contribution in [3.63, 3.8) is 0 Å². The largest absolute Gasteiger partial charge is 0.322 e. The van der Waals surface area contributed by atoms with E-state index in [4.69, 9.17) is 0 Å². The third kappa shape index (κ3) is 3.45. The molecule has 3 rings (SSSR count). The minimum absolute atomic E-state index is 0.106. The van der Waals surface area contributed by atoms with Gasteiger partial charge >= 0.3 is 0 Å². The molecule has 0 radical (unpaired) electrons. The number of hydrogen-bond donors (Lipinski definition) is 1. The van der Waals surface area contributed by atoms with Crippen molar-refractivity contribution < 1.29 is 4.79 Å². The maximum atomic E-state index is 12.4. The van der Waals surface area contributed by atoms with Gasteiger partial charge in [0.2, 0.25) is 0 Å². The van der Waals surface area contributed by atoms with Gasteiger partial charge in [-0.15, -0.1) is 0 Å². The van der Waals surface area contributed by atoms with E-state index >= 15 is 0 Å². The average molecular weight is 306 g/mol. The van der Waals surface area contributed by atoms with Gasteiger partial charge in [-0.05, 0) is 48.7 Å². The van der Waals surface area contributed by atoms with Crippen LogP contribution in [-0.2, 0) is 6.54 Å². The molecule has 1 aromatic heterocycles. The maximum Gasteiger partial charge on any atom is 0.255 e. The summed E-state index contributed by atoms with van der Waals surface area (Å²) in [5.74, 6) is -0.106. The van der Waals surface area contributed by atoms with Crippen molar-refractivity contribution in [2.45, 2.75) is 20.4 Å². The Labute approximate surface area is 135 Å². The SMILES string of the molecule is Cc1cccc(NC(=O)c2ccc(Cn3cncn3)cc2)c1C. The van der Waals surface area contributed by atoms with Gasteiger partial charge in [0.05, 0.1) is 6.54 Å². The predicted molar refractivity (Wildman–Crippen MR) is 89.4 cm³/mol. The second-order valence-electron chi connectivity index (χ2n) is 5.49. The van der Waals surface area contributed by atoms with Crippen LogP contribution in [0.4, 0.5) is 5.69 Å². The Kier molecular flexibility index (Phi) is 4.19. The topological polar surface area (TPSA) is 59.8 Å². The van der Waals surface area contributed by atoms with Crippen molar-refractivity contribution in [2.75, 3.05) is 5.32 Å². The minimum atomic E-state index is -0.106. The highest BCUT2D eigenvalue weighted by Crippen LogP contribution is 2.19. The zero-order valence-corrected chi connectivity index (χ0v) is 13.2. The van der Waals surface area contributed by atoms with Gasteiger partial charge in [-0.3, -0.25) is 4.79 Å². The molecule has 0 fully saturated rings. The maximum absolute atomic E-state index is 12.4. The summed E-state index contributed by atoms with van der Waals surface area (Å²) in [6.07, 6.45) is 3.17. The van der Waals surface area contributed by atoms with Crippen LogP contribution in [0.15, 0.2) is 55.1 Å². The first-order valence-corrected chi connectivity index (χ1v) is 7.42. The fraction of sp³-hybridized carbons (Fsp3) is 0.167. The Hall–Kier alpha value is -2.95. The molecular formula is C18H18N4O. The molecule has 0 saturated carbocycles. The molecule has 0 unspecified atom stereocenters. The Balaban J connectivity index is 1.71. The van der Waals surface area contributed by atoms with Gasteiger partial charge < -0.3 is 5.32 Å². The van der Waals surface area contributed by atoms with E-state index in [1.165, 1.54) is 6.33 Å². The Bertz CT molecular complexity index is 808. The van der Waals surface area contributed by atoms with E-state index < -0.39 is 0 Å². The van der Waals surface area contributed by atoms with E-state index in [2.05, 4.69) is 15.4 Å². The van der Waals surface area contributed by atoms with Crippen molar-refractivity contribution in [3.05, 3.63) is 77.4 Å². The summed E-state index contributed by atoms with van der Waals surface area (Å²) < 4.78 is 1.74. The number of anilines is 1. The van der Waals surface area contributed by atoms with E-state index in [-0.39, 0.29) is 5.91 Å². The Morgan fingerprint density at radius 3 is 2.61 bits per heavy atom. The third-order valence-electron chi connectivity index (χ3n) is 3.88. The fourth-order valence-corrected chi connectivity index (χ4v) is 2.34. The van der Waals surface area contributed by atoms with Crippen molar-refractivity contribution in [1.82, 2.24) is 14.8 Å². The summed E-state index contributed by atoms with van der Waals surface area (Å²) in [6, 6.07) is 13.4. The monoisotopic (exact) mass is 306 g/mol. The molecule has 23 heavy (non-hydrogen) atoms. The smallest absolute Gasteiger partial charge is 0.255 e. The van der Waals surface area contributed by atoms with Crippen molar-refractivity contribution >= 4 is 11.6 Å². The molecule has 5 heteroatoms. The lowest BCUT2D eigenvalue weighted by atomic mass is 10.1. The van der Waals surface area contributed by atoms with E-state index in [0.717, 1.165) is 22.4 Å². The van der Waals surface area contributed by atoms with Gasteiger partial charge in [0, 0.05) is 11.3 Å². The summed E-state index contributed by atoms with van der Waals surface area (Å²) >= 11 is 0. The van der Waals surface area contributed by atoms with Gasteiger partial charge in [-0.2, -0.15) is 5.10 Å². The first kappa shape index (κ1) is 15.0. The quantitative estimate of drug-likeness (QED) is 0.805. The van der Waals surface area contributed by atoms with Crippen LogP contribution in [0.3, 0.4) is 0 Å². The van der Waals surface area contributed by atoms with Crippen LogP contribution in [0.2, 0.25) is 0 Å². The highest BCUT2D eigenvalue weighted by Gasteiger charge is 2.08. The van der Waals surface area contributed by atoms with Gasteiger partial charge in [0.1, 0.15) is 12.7 Å². The number of hydrogen-bond acceptors (Lipinski definition) is 3. The van der Waals surface area contributed by atoms with Gasteiger partial charge in [-0.25, -0.2) is 9.67 Å². The van der Waals surface area contributed by atoms with Gasteiger partial charge in [-0.1, -0.05) is 24.3 Å². The van der Waals surface area contributed by atoms with Crippen LogP contribution in [0.1, 0.15) is 27.0 Å². The number of nitrogens with one attached hydrogen (secondary N) is 1. The molecule has 0 bridgehead atoms. The van der Waals surface area contributed by atoms with E-state index in [1.807, 2.05) is 56.3 Å². The molecular weight excluding hydrogens is 288 g/mol. The number of rotatable bonds is 4. The van der Waals surface area contributed by atoms with Crippen molar-refractivity contribution in [3.8, 4) is 0 Å². The lowest BCUT2D eigenvalue weighted by Gasteiger charge is -2.10. The molecule has 0 aliphatic rings. The predicted octanol–water partition coefficient (Wildman–Crippen LogP) is 3.20. The van der Waals surface area contributed by atoms with Crippen LogP contribution < -0.4 is 5.32 Å². The summed E-state index contributed by atoms with van der Waals surface area (Å²) in [7, 11) is 0.